The van der Waals surface area contributed by atoms with Gasteiger partial charge in [-0.15, -0.1) is 0 Å². The summed E-state index contributed by atoms with van der Waals surface area (Å²) in [6.07, 6.45) is 3.82. The molecule has 2 aromatic heterocycles. The van der Waals surface area contributed by atoms with Crippen LogP contribution in [-0.2, 0) is 10.8 Å². The number of hydrogen-bond acceptors (Lipinski definition) is 2. The third kappa shape index (κ3) is 6.41. The molecular weight excluding hydrogens is 917 g/mol. The molecule has 76 heavy (non-hydrogen) atoms. The van der Waals surface area contributed by atoms with Crippen molar-refractivity contribution in [2.45, 2.75) is 10.8 Å². The number of pyridine rings is 2. The first-order chi connectivity index (χ1) is 37.7. The molecule has 2 aliphatic carbocycles. The molecule has 0 unspecified atom stereocenters. The second kappa shape index (κ2) is 17.4. The molecule has 13 aromatic rings. The third-order valence-corrected chi connectivity index (χ3v) is 16.5. The van der Waals surface area contributed by atoms with Crippen LogP contribution in [0.3, 0.4) is 0 Å². The highest BCUT2D eigenvalue weighted by Crippen LogP contribution is 2.59. The minimum Gasteiger partial charge on any atom is -0.255 e. The fourth-order valence-electron chi connectivity index (χ4n) is 13.4. The van der Waals surface area contributed by atoms with Gasteiger partial charge in [-0.25, -0.2) is 0 Å². The SMILES string of the molecule is c1ccc(C2(c3ccccc3)c3ccccc3-c3ccc(-c4c5ccccc5c(-c5ccc6c(c5)C(c5ccccc5)(c5ccccc5)c5ccccc5-6)c5cc(-c6ccc(-c7ccccn7)nc6)ccc45)cc32)cc1. The third-order valence-electron chi connectivity index (χ3n) is 16.5. The van der Waals surface area contributed by atoms with Crippen LogP contribution in [0.1, 0.15) is 44.5 Å². The molecular formula is C74H48N2. The zero-order valence-corrected chi connectivity index (χ0v) is 41.6. The molecule has 0 bridgehead atoms. The average molecular weight is 965 g/mol. The van der Waals surface area contributed by atoms with Crippen LogP contribution in [0.2, 0.25) is 0 Å². The Balaban J connectivity index is 1.02. The summed E-state index contributed by atoms with van der Waals surface area (Å²) < 4.78 is 0. The summed E-state index contributed by atoms with van der Waals surface area (Å²) in [6.45, 7) is 0. The van der Waals surface area contributed by atoms with Crippen LogP contribution in [0.25, 0.3) is 88.6 Å². The molecule has 0 N–H and O–H groups in total. The molecule has 0 radical (unpaired) electrons. The summed E-state index contributed by atoms with van der Waals surface area (Å²) in [5.74, 6) is 0. The molecule has 0 spiro atoms. The molecule has 2 heterocycles. The minimum atomic E-state index is -0.547. The Kier molecular flexibility index (Phi) is 10.0. The number of benzene rings is 11. The lowest BCUT2D eigenvalue weighted by Crippen LogP contribution is -2.28. The van der Waals surface area contributed by atoms with Gasteiger partial charge in [0.1, 0.15) is 0 Å². The number of rotatable bonds is 8. The predicted octanol–water partition coefficient (Wildman–Crippen LogP) is 18.2. The van der Waals surface area contributed by atoms with Crippen molar-refractivity contribution in [2.75, 3.05) is 0 Å². The van der Waals surface area contributed by atoms with Gasteiger partial charge < -0.3 is 0 Å². The van der Waals surface area contributed by atoms with E-state index in [9.17, 15) is 0 Å². The second-order valence-corrected chi connectivity index (χ2v) is 20.3. The highest BCUT2D eigenvalue weighted by Gasteiger charge is 2.48. The van der Waals surface area contributed by atoms with E-state index in [0.717, 1.165) is 22.5 Å². The van der Waals surface area contributed by atoms with Crippen molar-refractivity contribution in [1.29, 1.82) is 0 Å². The molecule has 0 fully saturated rings. The minimum absolute atomic E-state index is 0.538. The summed E-state index contributed by atoms with van der Waals surface area (Å²) in [4.78, 5) is 9.59. The van der Waals surface area contributed by atoms with Crippen LogP contribution in [0.5, 0.6) is 0 Å². The summed E-state index contributed by atoms with van der Waals surface area (Å²) >= 11 is 0. The van der Waals surface area contributed by atoms with Gasteiger partial charge in [-0.05, 0) is 153 Å². The standard InChI is InChI=1S/C74H48N2/c1-5-21-53(22-6-1)73(54-23-7-2-8-24-54)65-33-17-15-29-57(65)59-40-37-50(46-67(59)73)71-61-31-13-14-32-62(61)72(64-45-49(36-42-63(64)71)52-39-43-70(76-48-52)69-35-19-20-44-75-69)51-38-41-60-58-30-16-18-34-66(58)74(68(60)47-51,55-25-9-3-10-26-55)56-27-11-4-12-28-56/h1-48H. The topological polar surface area (TPSA) is 25.8 Å². The van der Waals surface area contributed by atoms with Gasteiger partial charge in [-0.2, -0.15) is 0 Å². The molecule has 2 aliphatic rings. The number of fused-ring (bicyclic) bond motifs is 8. The van der Waals surface area contributed by atoms with E-state index in [2.05, 4.69) is 266 Å². The van der Waals surface area contributed by atoms with E-state index in [0.29, 0.717) is 0 Å². The van der Waals surface area contributed by atoms with E-state index in [1.165, 1.54) is 111 Å². The fraction of sp³-hybridized carbons (Fsp3) is 0.0270. The van der Waals surface area contributed by atoms with Crippen LogP contribution in [0.4, 0.5) is 0 Å². The van der Waals surface area contributed by atoms with Crippen LogP contribution in [0.15, 0.2) is 291 Å². The number of nitrogens with zero attached hydrogens (tertiary/aromatic N) is 2. The predicted molar refractivity (Wildman–Crippen MR) is 313 cm³/mol. The molecule has 0 saturated carbocycles. The van der Waals surface area contributed by atoms with Crippen LogP contribution in [-0.4, -0.2) is 9.97 Å². The second-order valence-electron chi connectivity index (χ2n) is 20.3. The highest BCUT2D eigenvalue weighted by molar-refractivity contribution is 6.22. The van der Waals surface area contributed by atoms with Gasteiger partial charge in [-0.1, -0.05) is 243 Å². The van der Waals surface area contributed by atoms with Crippen molar-refractivity contribution >= 4 is 21.5 Å². The van der Waals surface area contributed by atoms with Crippen molar-refractivity contribution in [3.8, 4) is 67.0 Å². The van der Waals surface area contributed by atoms with Crippen LogP contribution >= 0.6 is 0 Å². The quantitative estimate of drug-likeness (QED) is 0.142. The maximum Gasteiger partial charge on any atom is 0.0886 e. The molecule has 2 heteroatoms. The molecule has 354 valence electrons. The lowest BCUT2D eigenvalue weighted by molar-refractivity contribution is 0.769. The van der Waals surface area contributed by atoms with Gasteiger partial charge >= 0.3 is 0 Å². The summed E-state index contributed by atoms with van der Waals surface area (Å²) in [6, 6.07) is 104. The first-order valence-electron chi connectivity index (χ1n) is 26.3. The zero-order valence-electron chi connectivity index (χ0n) is 41.6. The first kappa shape index (κ1) is 43.8. The van der Waals surface area contributed by atoms with Gasteiger partial charge in [0.15, 0.2) is 0 Å². The Hall–Kier alpha value is -9.76. The smallest absolute Gasteiger partial charge is 0.0886 e. The van der Waals surface area contributed by atoms with Crippen molar-refractivity contribution in [2.24, 2.45) is 0 Å². The van der Waals surface area contributed by atoms with Gasteiger partial charge in [0.2, 0.25) is 0 Å². The Bertz CT molecular complexity index is 4280. The van der Waals surface area contributed by atoms with Gasteiger partial charge in [0.25, 0.3) is 0 Å². The van der Waals surface area contributed by atoms with E-state index in [-0.39, 0.29) is 0 Å². The van der Waals surface area contributed by atoms with E-state index in [1.54, 1.807) is 0 Å². The van der Waals surface area contributed by atoms with Gasteiger partial charge in [0, 0.05) is 18.0 Å². The van der Waals surface area contributed by atoms with E-state index in [1.807, 2.05) is 30.6 Å². The van der Waals surface area contributed by atoms with E-state index >= 15 is 0 Å². The molecule has 0 saturated heterocycles. The fourth-order valence-corrected chi connectivity index (χ4v) is 13.4. The maximum absolute atomic E-state index is 4.99. The molecule has 0 atom stereocenters. The Morgan fingerprint density at radius 3 is 1.11 bits per heavy atom. The molecule has 0 amide bonds. The van der Waals surface area contributed by atoms with Crippen molar-refractivity contribution < 1.29 is 0 Å². The van der Waals surface area contributed by atoms with E-state index < -0.39 is 10.8 Å². The van der Waals surface area contributed by atoms with Gasteiger partial charge in [-0.3, -0.25) is 9.97 Å². The molecule has 0 aliphatic heterocycles. The monoisotopic (exact) mass is 964 g/mol. The van der Waals surface area contributed by atoms with Gasteiger partial charge in [0.05, 0.1) is 22.2 Å². The lowest BCUT2D eigenvalue weighted by atomic mass is 9.67. The number of hydrogen-bond donors (Lipinski definition) is 0. The normalized spacial score (nSPS) is 13.5. The Morgan fingerprint density at radius 1 is 0.237 bits per heavy atom. The summed E-state index contributed by atoms with van der Waals surface area (Å²) in [7, 11) is 0. The summed E-state index contributed by atoms with van der Waals surface area (Å²) in [5.41, 5.74) is 22.8. The highest BCUT2D eigenvalue weighted by atomic mass is 14.8. The van der Waals surface area contributed by atoms with Crippen molar-refractivity contribution in [1.82, 2.24) is 9.97 Å². The molecule has 2 nitrogen and oxygen atoms in total. The van der Waals surface area contributed by atoms with Crippen LogP contribution in [0, 0.1) is 0 Å². The van der Waals surface area contributed by atoms with Crippen molar-refractivity contribution in [3.63, 3.8) is 0 Å². The lowest BCUT2D eigenvalue weighted by Gasteiger charge is -2.34. The average Bonchev–Trinajstić information content (AvgIpc) is 4.03. The van der Waals surface area contributed by atoms with Crippen LogP contribution < -0.4 is 0 Å². The summed E-state index contributed by atoms with van der Waals surface area (Å²) in [5, 5.41) is 4.78. The molecule has 11 aromatic carbocycles. The van der Waals surface area contributed by atoms with E-state index in [4.69, 9.17) is 4.98 Å². The first-order valence-corrected chi connectivity index (χ1v) is 26.3. The van der Waals surface area contributed by atoms with Crippen molar-refractivity contribution in [3.05, 3.63) is 336 Å². The zero-order chi connectivity index (χ0) is 50.2. The molecule has 15 rings (SSSR count). The number of aromatic nitrogens is 2. The maximum atomic E-state index is 4.99. The largest absolute Gasteiger partial charge is 0.255 e. The Labute approximate surface area is 443 Å². The Morgan fingerprint density at radius 2 is 0.632 bits per heavy atom.